The lowest BCUT2D eigenvalue weighted by molar-refractivity contribution is -0.139. The molecule has 6 heteroatoms. The first-order valence-corrected chi connectivity index (χ1v) is 11.4. The molecule has 1 aliphatic heterocycles. The first kappa shape index (κ1) is 23.1. The number of carbonyl (C=O) groups excluding carboxylic acids is 4. The maximum absolute atomic E-state index is 12.9. The Hall–Kier alpha value is -1.17. The molecule has 1 unspecified atom stereocenters. The first-order valence-electron chi connectivity index (χ1n) is 10.5. The van der Waals surface area contributed by atoms with Crippen LogP contribution in [-0.2, 0) is 19.2 Å². The number of aldehydes is 1. The van der Waals surface area contributed by atoms with E-state index in [0.717, 1.165) is 32.0 Å². The molecule has 0 spiro atoms. The smallest absolute Gasteiger partial charge is 0.242 e. The minimum atomic E-state index is -0.448. The molecule has 1 heterocycles. The third kappa shape index (κ3) is 5.91. The van der Waals surface area contributed by atoms with Crippen molar-refractivity contribution in [2.75, 3.05) is 6.54 Å². The van der Waals surface area contributed by atoms with Crippen molar-refractivity contribution in [2.24, 2.45) is 17.3 Å². The third-order valence-electron chi connectivity index (χ3n) is 5.96. The van der Waals surface area contributed by atoms with E-state index in [1.54, 1.807) is 0 Å². The van der Waals surface area contributed by atoms with Crippen molar-refractivity contribution < 1.29 is 19.2 Å². The third-order valence-corrected chi connectivity index (χ3v) is 7.39. The summed E-state index contributed by atoms with van der Waals surface area (Å²) in [5, 5.41) is -0.358. The van der Waals surface area contributed by atoms with Crippen LogP contribution in [-0.4, -0.2) is 45.3 Å². The van der Waals surface area contributed by atoms with E-state index >= 15 is 0 Å². The Bertz CT molecular complexity index is 620. The van der Waals surface area contributed by atoms with E-state index < -0.39 is 5.41 Å². The summed E-state index contributed by atoms with van der Waals surface area (Å²) >= 11 is 1.52. The fraction of sp³-hybridized carbons (Fsp3) is 0.818. The van der Waals surface area contributed by atoms with Crippen LogP contribution >= 0.6 is 11.8 Å². The van der Waals surface area contributed by atoms with Gasteiger partial charge >= 0.3 is 0 Å². The highest BCUT2D eigenvalue weighted by molar-refractivity contribution is 8.02. The molecule has 5 nitrogen and oxygen atoms in total. The Labute approximate surface area is 173 Å². The summed E-state index contributed by atoms with van der Waals surface area (Å²) in [7, 11) is 0. The van der Waals surface area contributed by atoms with Gasteiger partial charge in [-0.15, -0.1) is 11.8 Å². The van der Waals surface area contributed by atoms with Crippen molar-refractivity contribution >= 4 is 35.6 Å². The Kier molecular flexibility index (Phi) is 7.51. The quantitative estimate of drug-likeness (QED) is 0.425. The number of rotatable bonds is 9. The highest BCUT2D eigenvalue weighted by atomic mass is 32.2. The molecule has 0 aromatic carbocycles. The van der Waals surface area contributed by atoms with E-state index in [2.05, 4.69) is 0 Å². The molecule has 2 amide bonds. The molecule has 0 aromatic rings. The van der Waals surface area contributed by atoms with Gasteiger partial charge in [-0.2, -0.15) is 0 Å². The molecule has 1 aliphatic carbocycles. The van der Waals surface area contributed by atoms with Gasteiger partial charge in [-0.25, -0.2) is 0 Å². The summed E-state index contributed by atoms with van der Waals surface area (Å²) in [6, 6.07) is 0. The number of amides is 2. The molecular formula is C22H35NO4S. The van der Waals surface area contributed by atoms with Crippen LogP contribution in [0.3, 0.4) is 0 Å². The molecule has 28 heavy (non-hydrogen) atoms. The number of carbonyl (C=O) groups is 4. The maximum Gasteiger partial charge on any atom is 0.242 e. The van der Waals surface area contributed by atoms with Crippen molar-refractivity contribution in [3.8, 4) is 0 Å². The number of nitrogens with zero attached hydrogens (tertiary/aromatic N) is 1. The molecule has 0 radical (unpaired) electrons. The summed E-state index contributed by atoms with van der Waals surface area (Å²) < 4.78 is -0.264. The predicted octanol–water partition coefficient (Wildman–Crippen LogP) is 4.03. The highest BCUT2D eigenvalue weighted by Crippen LogP contribution is 2.42. The van der Waals surface area contributed by atoms with Crippen LogP contribution in [0.1, 0.15) is 79.6 Å². The van der Waals surface area contributed by atoms with Crippen LogP contribution in [0.15, 0.2) is 0 Å². The average Bonchev–Trinajstić information content (AvgIpc) is 2.87. The molecule has 1 saturated carbocycles. The van der Waals surface area contributed by atoms with E-state index in [-0.39, 0.29) is 34.2 Å². The molecule has 2 fully saturated rings. The average molecular weight is 410 g/mol. The predicted molar refractivity (Wildman–Crippen MR) is 112 cm³/mol. The number of hydrogen-bond donors (Lipinski definition) is 0. The minimum Gasteiger partial charge on any atom is -0.303 e. The molecule has 158 valence electrons. The minimum absolute atomic E-state index is 0.0836. The monoisotopic (exact) mass is 409 g/mol. The van der Waals surface area contributed by atoms with Crippen molar-refractivity contribution in [3.63, 3.8) is 0 Å². The number of Topliss-reactive ketones (excluding diaryl/α,β-unsaturated/α-hetero) is 1. The second-order valence-electron chi connectivity index (χ2n) is 9.73. The Morgan fingerprint density at radius 2 is 1.75 bits per heavy atom. The van der Waals surface area contributed by atoms with E-state index in [1.165, 1.54) is 16.7 Å². The van der Waals surface area contributed by atoms with Crippen LogP contribution in [0.5, 0.6) is 0 Å². The lowest BCUT2D eigenvalue weighted by atomic mass is 9.79. The van der Waals surface area contributed by atoms with Gasteiger partial charge < -0.3 is 4.79 Å². The van der Waals surface area contributed by atoms with Crippen LogP contribution in [0, 0.1) is 17.3 Å². The lowest BCUT2D eigenvalue weighted by Crippen LogP contribution is -2.38. The SMILES string of the molecule is CCC(=O)C1CCC(CN2C(=O)CC(SC(C)(C)CC(C)(C)C=O)C2=O)CC1. The summed E-state index contributed by atoms with van der Waals surface area (Å²) in [6.07, 6.45) is 6.02. The number of thioether (sulfide) groups is 1. The van der Waals surface area contributed by atoms with E-state index in [9.17, 15) is 19.2 Å². The summed E-state index contributed by atoms with van der Waals surface area (Å²) in [6.45, 7) is 10.3. The summed E-state index contributed by atoms with van der Waals surface area (Å²) in [5.41, 5.74) is -0.448. The fourth-order valence-corrected chi connectivity index (χ4v) is 6.40. The van der Waals surface area contributed by atoms with E-state index in [4.69, 9.17) is 0 Å². The van der Waals surface area contributed by atoms with Crippen LogP contribution in [0.2, 0.25) is 0 Å². The summed E-state index contributed by atoms with van der Waals surface area (Å²) in [5.74, 6) is 0.637. The Morgan fingerprint density at radius 3 is 2.29 bits per heavy atom. The normalized spacial score (nSPS) is 26.6. The molecule has 0 N–H and O–H groups in total. The van der Waals surface area contributed by atoms with E-state index in [0.29, 0.717) is 31.1 Å². The largest absolute Gasteiger partial charge is 0.303 e. The van der Waals surface area contributed by atoms with Gasteiger partial charge in [0.2, 0.25) is 11.8 Å². The van der Waals surface area contributed by atoms with Crippen molar-refractivity contribution in [1.29, 1.82) is 0 Å². The number of ketones is 1. The van der Waals surface area contributed by atoms with Crippen molar-refractivity contribution in [3.05, 3.63) is 0 Å². The van der Waals surface area contributed by atoms with Gasteiger partial charge in [0.1, 0.15) is 12.1 Å². The van der Waals surface area contributed by atoms with Crippen molar-refractivity contribution in [1.82, 2.24) is 4.90 Å². The van der Waals surface area contributed by atoms with Crippen molar-refractivity contribution in [2.45, 2.75) is 89.6 Å². The number of hydrogen-bond acceptors (Lipinski definition) is 5. The molecule has 1 atom stereocenters. The molecule has 0 bridgehead atoms. The second-order valence-corrected chi connectivity index (χ2v) is 11.6. The van der Waals surface area contributed by atoms with Gasteiger partial charge in [0.25, 0.3) is 0 Å². The lowest BCUT2D eigenvalue weighted by Gasteiger charge is -2.33. The summed E-state index contributed by atoms with van der Waals surface area (Å²) in [4.78, 5) is 50.0. The zero-order valence-corrected chi connectivity index (χ0v) is 18.8. The Balaban J connectivity index is 1.91. The van der Waals surface area contributed by atoms with Gasteiger partial charge in [-0.3, -0.25) is 19.3 Å². The zero-order valence-electron chi connectivity index (χ0n) is 18.0. The molecule has 0 aromatic heterocycles. The first-order chi connectivity index (χ1) is 13.0. The highest BCUT2D eigenvalue weighted by Gasteiger charge is 2.43. The standard InChI is InChI=1S/C22H35NO4S/c1-6-17(25)16-9-7-15(8-10-16)12-23-19(26)11-18(20(23)27)28-22(4,5)13-21(2,3)14-24/h14-16,18H,6-13H2,1-5H3. The van der Waals surface area contributed by atoms with E-state index in [1.807, 2.05) is 34.6 Å². The maximum atomic E-state index is 12.9. The van der Waals surface area contributed by atoms with Gasteiger partial charge in [0.15, 0.2) is 0 Å². The fourth-order valence-electron chi connectivity index (χ4n) is 4.72. The van der Waals surface area contributed by atoms with Gasteiger partial charge in [0, 0.05) is 35.5 Å². The molecular weight excluding hydrogens is 374 g/mol. The number of imide groups is 1. The Morgan fingerprint density at radius 1 is 1.14 bits per heavy atom. The van der Waals surface area contributed by atoms with Crippen LogP contribution < -0.4 is 0 Å². The second kappa shape index (κ2) is 9.10. The van der Waals surface area contributed by atoms with Gasteiger partial charge in [0.05, 0.1) is 5.25 Å². The molecule has 2 aliphatic rings. The molecule has 2 rings (SSSR count). The van der Waals surface area contributed by atoms with Crippen LogP contribution in [0.25, 0.3) is 0 Å². The number of likely N-dealkylation sites (tertiary alicyclic amines) is 1. The topological polar surface area (TPSA) is 71.5 Å². The zero-order chi connectivity index (χ0) is 21.1. The van der Waals surface area contributed by atoms with Gasteiger partial charge in [-0.05, 0) is 38.0 Å². The van der Waals surface area contributed by atoms with Crippen LogP contribution in [0.4, 0.5) is 0 Å². The van der Waals surface area contributed by atoms with Gasteiger partial charge in [-0.1, -0.05) is 34.6 Å². The molecule has 1 saturated heterocycles.